The second-order valence-corrected chi connectivity index (χ2v) is 6.00. The highest BCUT2D eigenvalue weighted by Crippen LogP contribution is 2.27. The van der Waals surface area contributed by atoms with Gasteiger partial charge in [-0.05, 0) is 44.8 Å². The van der Waals surface area contributed by atoms with Gasteiger partial charge >= 0.3 is 0 Å². The van der Waals surface area contributed by atoms with E-state index in [2.05, 4.69) is 15.7 Å². The molecule has 7 nitrogen and oxygen atoms in total. The number of halogens is 1. The van der Waals surface area contributed by atoms with E-state index in [-0.39, 0.29) is 30.8 Å². The van der Waals surface area contributed by atoms with Gasteiger partial charge in [0.25, 0.3) is 0 Å². The molecule has 8 heteroatoms. The first-order chi connectivity index (χ1) is 10.7. The number of carbonyl (C=O) groups is 2. The Bertz CT molecular complexity index is 522. The van der Waals surface area contributed by atoms with Crippen LogP contribution < -0.4 is 10.6 Å². The van der Waals surface area contributed by atoms with Gasteiger partial charge in [0, 0.05) is 25.5 Å². The van der Waals surface area contributed by atoms with Crippen LogP contribution in [0, 0.1) is 0 Å². The zero-order chi connectivity index (χ0) is 15.4. The highest BCUT2D eigenvalue weighted by atomic mass is 35.5. The predicted octanol–water partition coefficient (Wildman–Crippen LogP) is 0.122. The summed E-state index contributed by atoms with van der Waals surface area (Å²) >= 11 is 0. The zero-order valence-electron chi connectivity index (χ0n) is 13.2. The van der Waals surface area contributed by atoms with Crippen LogP contribution in [0.25, 0.3) is 0 Å². The predicted molar refractivity (Wildman–Crippen MR) is 88.4 cm³/mol. The van der Waals surface area contributed by atoms with Crippen LogP contribution in [0.2, 0.25) is 0 Å². The van der Waals surface area contributed by atoms with Crippen LogP contribution >= 0.6 is 12.4 Å². The lowest BCUT2D eigenvalue weighted by Crippen LogP contribution is -2.55. The van der Waals surface area contributed by atoms with Crippen molar-refractivity contribution in [3.8, 4) is 0 Å². The first-order valence-corrected chi connectivity index (χ1v) is 7.99. The third-order valence-corrected chi connectivity index (χ3v) is 4.66. The Hall–Kier alpha value is -1.60. The maximum absolute atomic E-state index is 12.8. The van der Waals surface area contributed by atoms with Crippen molar-refractivity contribution in [1.29, 1.82) is 0 Å². The second-order valence-electron chi connectivity index (χ2n) is 6.00. The largest absolute Gasteiger partial charge is 0.345 e. The molecule has 23 heavy (non-hydrogen) atoms. The van der Waals surface area contributed by atoms with Crippen LogP contribution in [-0.4, -0.2) is 59.2 Å². The van der Waals surface area contributed by atoms with Gasteiger partial charge in [0.1, 0.15) is 5.54 Å². The number of likely N-dealkylation sites (tertiary alicyclic amines) is 1. The molecule has 0 unspecified atom stereocenters. The Morgan fingerprint density at radius 3 is 2.52 bits per heavy atom. The van der Waals surface area contributed by atoms with Crippen LogP contribution in [0.15, 0.2) is 18.5 Å². The molecule has 3 rings (SSSR count). The summed E-state index contributed by atoms with van der Waals surface area (Å²) in [5, 5.41) is 10.4. The number of hydrogen-bond acceptors (Lipinski definition) is 4. The quantitative estimate of drug-likeness (QED) is 0.815. The highest BCUT2D eigenvalue weighted by molar-refractivity contribution is 5.89. The first kappa shape index (κ1) is 17.7. The van der Waals surface area contributed by atoms with E-state index in [4.69, 9.17) is 0 Å². The minimum atomic E-state index is -0.681. The van der Waals surface area contributed by atoms with E-state index in [1.165, 1.54) is 0 Å². The van der Waals surface area contributed by atoms with Gasteiger partial charge in [-0.1, -0.05) is 0 Å². The van der Waals surface area contributed by atoms with E-state index in [1.807, 2.05) is 17.2 Å². The number of nitrogens with zero attached hydrogens (tertiary/aromatic N) is 3. The van der Waals surface area contributed by atoms with Gasteiger partial charge in [0.15, 0.2) is 0 Å². The minimum absolute atomic E-state index is 0. The molecule has 0 saturated carbocycles. The smallest absolute Gasteiger partial charge is 0.248 e. The maximum atomic E-state index is 12.8. The Morgan fingerprint density at radius 2 is 1.91 bits per heavy atom. The lowest BCUT2D eigenvalue weighted by Gasteiger charge is -2.36. The third kappa shape index (κ3) is 3.67. The molecule has 0 aliphatic carbocycles. The summed E-state index contributed by atoms with van der Waals surface area (Å²) in [4.78, 5) is 26.7. The van der Waals surface area contributed by atoms with Crippen LogP contribution in [0.5, 0.6) is 0 Å². The van der Waals surface area contributed by atoms with Gasteiger partial charge in [0.05, 0.1) is 6.54 Å². The van der Waals surface area contributed by atoms with Crippen molar-refractivity contribution in [1.82, 2.24) is 25.3 Å². The van der Waals surface area contributed by atoms with Crippen molar-refractivity contribution >= 4 is 24.2 Å². The minimum Gasteiger partial charge on any atom is -0.345 e. The molecule has 2 saturated heterocycles. The Kier molecular flexibility index (Phi) is 6.01. The Balaban J connectivity index is 0.00000192. The van der Waals surface area contributed by atoms with E-state index < -0.39 is 5.54 Å². The van der Waals surface area contributed by atoms with Crippen molar-refractivity contribution in [2.75, 3.05) is 32.7 Å². The lowest BCUT2D eigenvalue weighted by molar-refractivity contribution is -0.136. The molecule has 128 valence electrons. The van der Waals surface area contributed by atoms with Crippen molar-refractivity contribution in [3.05, 3.63) is 18.5 Å². The van der Waals surface area contributed by atoms with Crippen LogP contribution in [0.3, 0.4) is 0 Å². The number of aromatic nitrogens is 2. The molecule has 0 bridgehead atoms. The molecule has 2 amide bonds. The SMILES string of the molecule is Cl.O=C(CNC(=O)C1(n2cccn2)CCNCC1)N1CCCC1. The Morgan fingerprint density at radius 1 is 1.22 bits per heavy atom. The molecule has 3 heterocycles. The number of nitrogens with one attached hydrogen (secondary N) is 2. The van der Waals surface area contributed by atoms with Gasteiger partial charge in [0.2, 0.25) is 11.8 Å². The Labute approximate surface area is 142 Å². The molecule has 0 radical (unpaired) electrons. The summed E-state index contributed by atoms with van der Waals surface area (Å²) in [5.74, 6) is -0.0966. The van der Waals surface area contributed by atoms with Crippen molar-refractivity contribution in [3.63, 3.8) is 0 Å². The van der Waals surface area contributed by atoms with Gasteiger partial charge in [-0.2, -0.15) is 5.10 Å². The summed E-state index contributed by atoms with van der Waals surface area (Å²) in [6, 6.07) is 1.83. The zero-order valence-corrected chi connectivity index (χ0v) is 14.0. The fourth-order valence-corrected chi connectivity index (χ4v) is 3.32. The molecule has 2 aliphatic heterocycles. The summed E-state index contributed by atoms with van der Waals surface area (Å²) in [6.45, 7) is 3.24. The van der Waals surface area contributed by atoms with E-state index in [9.17, 15) is 9.59 Å². The standard InChI is InChI=1S/C15H23N5O2.ClH/c21-13(19-9-1-2-10-19)12-17-14(22)15(4-7-16-8-5-15)20-11-3-6-18-20;/h3,6,11,16H,1-2,4-5,7-10,12H2,(H,17,22);1H. The maximum Gasteiger partial charge on any atom is 0.248 e. The van der Waals surface area contributed by atoms with Gasteiger partial charge in [-0.25, -0.2) is 0 Å². The third-order valence-electron chi connectivity index (χ3n) is 4.66. The molecule has 2 fully saturated rings. The second kappa shape index (κ2) is 7.79. The average Bonchev–Trinajstić information content (AvgIpc) is 3.25. The summed E-state index contributed by atoms with van der Waals surface area (Å²) < 4.78 is 1.74. The molecule has 2 aliphatic rings. The molecule has 1 aromatic heterocycles. The van der Waals surface area contributed by atoms with Gasteiger partial charge in [-0.3, -0.25) is 14.3 Å². The molecule has 2 N–H and O–H groups in total. The summed E-state index contributed by atoms with van der Waals surface area (Å²) in [7, 11) is 0. The van der Waals surface area contributed by atoms with E-state index in [0.29, 0.717) is 12.8 Å². The number of piperidine rings is 1. The molecule has 1 aromatic rings. The van der Waals surface area contributed by atoms with Gasteiger partial charge < -0.3 is 15.5 Å². The van der Waals surface area contributed by atoms with E-state index in [0.717, 1.165) is 39.0 Å². The summed E-state index contributed by atoms with van der Waals surface area (Å²) in [6.07, 6.45) is 6.99. The molecular weight excluding hydrogens is 318 g/mol. The van der Waals surface area contributed by atoms with E-state index in [1.54, 1.807) is 10.9 Å². The fraction of sp³-hybridized carbons (Fsp3) is 0.667. The molecule has 0 atom stereocenters. The normalized spacial score (nSPS) is 19.9. The average molecular weight is 342 g/mol. The molecule has 0 spiro atoms. The summed E-state index contributed by atoms with van der Waals surface area (Å²) in [5.41, 5.74) is -0.681. The van der Waals surface area contributed by atoms with Crippen LogP contribution in [-0.2, 0) is 15.1 Å². The monoisotopic (exact) mass is 341 g/mol. The van der Waals surface area contributed by atoms with Crippen LogP contribution in [0.1, 0.15) is 25.7 Å². The van der Waals surface area contributed by atoms with Crippen molar-refractivity contribution in [2.45, 2.75) is 31.2 Å². The molecule has 0 aromatic carbocycles. The molecular formula is C15H24ClN5O2. The topological polar surface area (TPSA) is 79.3 Å². The number of rotatable bonds is 4. The first-order valence-electron chi connectivity index (χ1n) is 7.99. The number of carbonyl (C=O) groups excluding carboxylic acids is 2. The van der Waals surface area contributed by atoms with Gasteiger partial charge in [-0.15, -0.1) is 12.4 Å². The van der Waals surface area contributed by atoms with E-state index >= 15 is 0 Å². The fourth-order valence-electron chi connectivity index (χ4n) is 3.32. The number of hydrogen-bond donors (Lipinski definition) is 2. The highest BCUT2D eigenvalue weighted by Gasteiger charge is 2.42. The van der Waals surface area contributed by atoms with Crippen LogP contribution in [0.4, 0.5) is 0 Å². The number of amides is 2. The van der Waals surface area contributed by atoms with Crippen molar-refractivity contribution < 1.29 is 9.59 Å². The lowest BCUT2D eigenvalue weighted by atomic mass is 9.87. The van der Waals surface area contributed by atoms with Crippen molar-refractivity contribution in [2.24, 2.45) is 0 Å².